The topological polar surface area (TPSA) is 47.0 Å². The molecule has 0 radical (unpaired) electrons. The first-order valence-corrected chi connectivity index (χ1v) is 9.94. The first-order valence-electron chi connectivity index (χ1n) is 9.06. The van der Waals surface area contributed by atoms with Crippen molar-refractivity contribution in [1.82, 2.24) is 14.7 Å². The summed E-state index contributed by atoms with van der Waals surface area (Å²) >= 11 is 1.71. The molecule has 1 N–H and O–H groups in total. The van der Waals surface area contributed by atoms with Crippen LogP contribution in [0.5, 0.6) is 0 Å². The van der Waals surface area contributed by atoms with Gasteiger partial charge in [0.2, 0.25) is 5.91 Å². The lowest BCUT2D eigenvalue weighted by molar-refractivity contribution is -0.129. The van der Waals surface area contributed by atoms with Crippen molar-refractivity contribution in [3.63, 3.8) is 0 Å². The Balaban J connectivity index is 1.46. The van der Waals surface area contributed by atoms with E-state index in [4.69, 9.17) is 0 Å². The number of hydrogen-bond donors (Lipinski definition) is 1. The third-order valence-electron chi connectivity index (χ3n) is 5.06. The van der Waals surface area contributed by atoms with Crippen LogP contribution in [0.1, 0.15) is 24.1 Å². The molecule has 3 rings (SSSR count). The predicted molar refractivity (Wildman–Crippen MR) is 97.3 cm³/mol. The van der Waals surface area contributed by atoms with Gasteiger partial charge in [-0.25, -0.2) is 4.39 Å². The summed E-state index contributed by atoms with van der Waals surface area (Å²) in [7, 11) is 1.96. The number of halogens is 1. The van der Waals surface area contributed by atoms with Crippen LogP contribution in [0.4, 0.5) is 4.39 Å². The Labute approximate surface area is 153 Å². The van der Waals surface area contributed by atoms with Crippen LogP contribution in [-0.2, 0) is 11.3 Å². The van der Waals surface area contributed by atoms with E-state index in [1.807, 2.05) is 13.1 Å². The van der Waals surface area contributed by atoms with Gasteiger partial charge in [0.25, 0.3) is 0 Å². The first kappa shape index (κ1) is 18.8. The van der Waals surface area contributed by atoms with E-state index in [0.717, 1.165) is 26.1 Å². The fourth-order valence-electron chi connectivity index (χ4n) is 3.91. The third-order valence-corrected chi connectivity index (χ3v) is 5.92. The van der Waals surface area contributed by atoms with Gasteiger partial charge in [-0.05, 0) is 31.3 Å². The van der Waals surface area contributed by atoms with Gasteiger partial charge in [0.1, 0.15) is 6.17 Å². The zero-order valence-corrected chi connectivity index (χ0v) is 15.6. The van der Waals surface area contributed by atoms with Crippen molar-refractivity contribution in [3.05, 3.63) is 22.4 Å². The van der Waals surface area contributed by atoms with Crippen molar-refractivity contribution in [2.75, 3.05) is 39.8 Å². The van der Waals surface area contributed by atoms with Crippen molar-refractivity contribution >= 4 is 17.2 Å². The average Bonchev–Trinajstić information content (AvgIpc) is 3.25. The fraction of sp³-hybridized carbons (Fsp3) is 0.722. The smallest absolute Gasteiger partial charge is 0.222 e. The van der Waals surface area contributed by atoms with E-state index in [9.17, 15) is 14.3 Å². The molecular weight excluding hydrogens is 341 g/mol. The minimum atomic E-state index is -0.773. The van der Waals surface area contributed by atoms with Gasteiger partial charge in [-0.1, -0.05) is 6.07 Å². The number of alkyl halides is 1. The lowest BCUT2D eigenvalue weighted by Gasteiger charge is -2.30. The molecule has 3 atom stereocenters. The number of aliphatic hydroxyl groups excluding tert-OH is 1. The van der Waals surface area contributed by atoms with Crippen molar-refractivity contribution in [1.29, 1.82) is 0 Å². The fourth-order valence-corrected chi connectivity index (χ4v) is 4.64. The lowest BCUT2D eigenvalue weighted by atomic mass is 10.2. The Morgan fingerprint density at radius 1 is 1.52 bits per heavy atom. The molecule has 0 bridgehead atoms. The Morgan fingerprint density at radius 3 is 3.04 bits per heavy atom. The Kier molecular flexibility index (Phi) is 6.44. The van der Waals surface area contributed by atoms with E-state index < -0.39 is 12.3 Å². The van der Waals surface area contributed by atoms with E-state index >= 15 is 0 Å². The summed E-state index contributed by atoms with van der Waals surface area (Å²) in [6, 6.07) is 4.29. The minimum absolute atomic E-state index is 0.139. The molecule has 5 nitrogen and oxygen atoms in total. The molecule has 1 aromatic heterocycles. The largest absolute Gasteiger partial charge is 0.390 e. The second-order valence-corrected chi connectivity index (χ2v) is 8.35. The Morgan fingerprint density at radius 2 is 2.36 bits per heavy atom. The van der Waals surface area contributed by atoms with Gasteiger partial charge >= 0.3 is 0 Å². The highest BCUT2D eigenvalue weighted by Gasteiger charge is 2.33. The van der Waals surface area contributed by atoms with E-state index in [1.165, 1.54) is 4.88 Å². The molecule has 0 spiro atoms. The number of thiophene rings is 1. The zero-order chi connectivity index (χ0) is 17.8. The molecule has 0 saturated carbocycles. The number of carbonyl (C=O) groups excluding carboxylic acids is 1. The third kappa shape index (κ3) is 5.23. The summed E-state index contributed by atoms with van der Waals surface area (Å²) in [6.07, 6.45) is 0.709. The molecule has 0 aliphatic carbocycles. The molecule has 1 aromatic rings. The molecule has 25 heavy (non-hydrogen) atoms. The highest BCUT2D eigenvalue weighted by molar-refractivity contribution is 7.09. The monoisotopic (exact) mass is 369 g/mol. The molecule has 2 fully saturated rings. The summed E-state index contributed by atoms with van der Waals surface area (Å²) in [5.41, 5.74) is 0. The molecular formula is C18H28FN3O2S. The second-order valence-electron chi connectivity index (χ2n) is 7.31. The van der Waals surface area contributed by atoms with Gasteiger partial charge in [-0.2, -0.15) is 0 Å². The highest BCUT2D eigenvalue weighted by Crippen LogP contribution is 2.24. The first-order chi connectivity index (χ1) is 12.0. The van der Waals surface area contributed by atoms with E-state index in [1.54, 1.807) is 16.2 Å². The molecule has 3 heterocycles. The van der Waals surface area contributed by atoms with Crippen LogP contribution in [0, 0.1) is 0 Å². The number of likely N-dealkylation sites (N-methyl/N-ethyl adjacent to an activating group) is 1. The van der Waals surface area contributed by atoms with E-state index in [0.29, 0.717) is 32.5 Å². The molecule has 0 unspecified atom stereocenters. The average molecular weight is 370 g/mol. The summed E-state index contributed by atoms with van der Waals surface area (Å²) in [5.74, 6) is 0.139. The lowest BCUT2D eigenvalue weighted by Crippen LogP contribution is -2.44. The van der Waals surface area contributed by atoms with Gasteiger partial charge in [0.05, 0.1) is 6.10 Å². The zero-order valence-electron chi connectivity index (χ0n) is 14.8. The summed E-state index contributed by atoms with van der Waals surface area (Å²) in [6.45, 7) is 3.67. The van der Waals surface area contributed by atoms with Gasteiger partial charge in [0.15, 0.2) is 0 Å². The quantitative estimate of drug-likeness (QED) is 0.756. The Bertz CT molecular complexity index is 557. The van der Waals surface area contributed by atoms with Crippen LogP contribution in [0.15, 0.2) is 17.5 Å². The Hall–Kier alpha value is -1.02. The number of amides is 1. The number of carbonyl (C=O) groups is 1. The van der Waals surface area contributed by atoms with Crippen LogP contribution in [0.3, 0.4) is 0 Å². The van der Waals surface area contributed by atoms with Crippen molar-refractivity contribution in [2.24, 2.45) is 0 Å². The van der Waals surface area contributed by atoms with Crippen LogP contribution in [0.2, 0.25) is 0 Å². The molecule has 2 saturated heterocycles. The van der Waals surface area contributed by atoms with Crippen molar-refractivity contribution < 1.29 is 14.3 Å². The number of hydrogen-bond acceptors (Lipinski definition) is 5. The van der Waals surface area contributed by atoms with Gasteiger partial charge < -0.3 is 14.9 Å². The normalized spacial score (nSPS) is 26.1. The van der Waals surface area contributed by atoms with Gasteiger partial charge in [0, 0.05) is 56.6 Å². The molecule has 0 aromatic carbocycles. The highest BCUT2D eigenvalue weighted by atomic mass is 32.1. The summed E-state index contributed by atoms with van der Waals surface area (Å²) in [5, 5.41) is 12.3. The minimum Gasteiger partial charge on any atom is -0.390 e. The van der Waals surface area contributed by atoms with Gasteiger partial charge in [-0.15, -0.1) is 11.3 Å². The standard InChI is InChI=1S/C18H28FN3O2S/c1-20(11-16(23)12-21-6-2-5-18(21)24)10-15-8-14(19)9-22(15)13-17-4-3-7-25-17/h3-4,7,14-16,23H,2,5-6,8-13H2,1H3/t14-,15-,16+/m0/s1. The predicted octanol–water partition coefficient (Wildman–Crippen LogP) is 1.58. The number of likely N-dealkylation sites (tertiary alicyclic amines) is 2. The SMILES string of the molecule is CN(C[C@@H](O)CN1CCCC1=O)C[C@@H]1C[C@H](F)CN1Cc1cccs1. The van der Waals surface area contributed by atoms with E-state index in [-0.39, 0.29) is 11.9 Å². The number of β-amino-alcohol motifs (C(OH)–C–C–N with tert-alkyl or cyclic N) is 1. The molecule has 2 aliphatic rings. The van der Waals surface area contributed by atoms with Crippen LogP contribution >= 0.6 is 11.3 Å². The maximum Gasteiger partial charge on any atom is 0.222 e. The number of nitrogens with zero attached hydrogens (tertiary/aromatic N) is 3. The van der Waals surface area contributed by atoms with Gasteiger partial charge in [-0.3, -0.25) is 9.69 Å². The van der Waals surface area contributed by atoms with Crippen LogP contribution in [0.25, 0.3) is 0 Å². The maximum absolute atomic E-state index is 13.9. The molecule has 2 aliphatic heterocycles. The van der Waals surface area contributed by atoms with Crippen molar-refractivity contribution in [3.8, 4) is 0 Å². The molecule has 140 valence electrons. The number of rotatable bonds is 8. The molecule has 7 heteroatoms. The van der Waals surface area contributed by atoms with E-state index in [2.05, 4.69) is 21.2 Å². The van der Waals surface area contributed by atoms with Crippen molar-refractivity contribution in [2.45, 2.75) is 44.1 Å². The summed E-state index contributed by atoms with van der Waals surface area (Å²) < 4.78 is 13.9. The van der Waals surface area contributed by atoms with Crippen LogP contribution < -0.4 is 0 Å². The second kappa shape index (κ2) is 8.58. The van der Waals surface area contributed by atoms with Crippen LogP contribution in [-0.4, -0.2) is 83.8 Å². The molecule has 1 amide bonds. The summed E-state index contributed by atoms with van der Waals surface area (Å²) in [4.78, 5) is 18.9. The number of aliphatic hydroxyl groups is 1. The maximum atomic E-state index is 13.9.